The summed E-state index contributed by atoms with van der Waals surface area (Å²) in [6, 6.07) is 16.8. The Balaban J connectivity index is 2.04. The molecular weight excluding hydrogens is 348 g/mol. The minimum atomic E-state index is -0.397. The van der Waals surface area contributed by atoms with Crippen molar-refractivity contribution in [3.8, 4) is 0 Å². The molecule has 0 aliphatic rings. The molecule has 2 aromatic carbocycles. The Morgan fingerprint density at radius 3 is 2.50 bits per heavy atom. The topological polar surface area (TPSA) is 79.6 Å². The van der Waals surface area contributed by atoms with Crippen LogP contribution in [-0.2, 0) is 6.54 Å². The summed E-state index contributed by atoms with van der Waals surface area (Å²) >= 11 is 1.77. The van der Waals surface area contributed by atoms with Crippen molar-refractivity contribution in [2.75, 3.05) is 18.6 Å². The molecule has 0 bridgehead atoms. The molecule has 2 N–H and O–H groups in total. The summed E-state index contributed by atoms with van der Waals surface area (Å²) in [4.78, 5) is 15.0. The van der Waals surface area contributed by atoms with Gasteiger partial charge in [0.2, 0.25) is 0 Å². The molecule has 6 nitrogen and oxygen atoms in total. The molecule has 0 heterocycles. The third kappa shape index (κ3) is 6.40. The van der Waals surface area contributed by atoms with Crippen molar-refractivity contribution < 1.29 is 4.92 Å². The molecule has 0 spiro atoms. The fourth-order valence-electron chi connectivity index (χ4n) is 2.35. The lowest BCUT2D eigenvalue weighted by Gasteiger charge is -2.18. The first-order valence-corrected chi connectivity index (χ1v) is 9.81. The Morgan fingerprint density at radius 1 is 1.19 bits per heavy atom. The van der Waals surface area contributed by atoms with Gasteiger partial charge in [-0.05, 0) is 24.3 Å². The quantitative estimate of drug-likeness (QED) is 0.242. The van der Waals surface area contributed by atoms with E-state index in [0.717, 1.165) is 23.8 Å². The monoisotopic (exact) mass is 372 g/mol. The summed E-state index contributed by atoms with van der Waals surface area (Å²) in [6.45, 7) is 3.36. The van der Waals surface area contributed by atoms with E-state index in [1.165, 1.54) is 17.7 Å². The molecule has 2 aromatic rings. The fraction of sp³-hybridized carbons (Fsp3) is 0.316. The predicted molar refractivity (Wildman–Crippen MR) is 109 cm³/mol. The van der Waals surface area contributed by atoms with E-state index >= 15 is 0 Å². The van der Waals surface area contributed by atoms with E-state index in [4.69, 9.17) is 0 Å². The third-order valence-electron chi connectivity index (χ3n) is 3.82. The van der Waals surface area contributed by atoms with Crippen molar-refractivity contribution in [1.29, 1.82) is 0 Å². The van der Waals surface area contributed by atoms with Crippen LogP contribution in [0.1, 0.15) is 24.1 Å². The molecule has 1 unspecified atom stereocenters. The van der Waals surface area contributed by atoms with Crippen LogP contribution in [0.5, 0.6) is 0 Å². The van der Waals surface area contributed by atoms with Crippen LogP contribution in [0, 0.1) is 10.1 Å². The van der Waals surface area contributed by atoms with E-state index in [1.54, 1.807) is 23.9 Å². The number of benzene rings is 2. The Labute approximate surface area is 158 Å². The van der Waals surface area contributed by atoms with Gasteiger partial charge in [-0.25, -0.2) is 4.99 Å². The van der Waals surface area contributed by atoms with Gasteiger partial charge in [0, 0.05) is 24.4 Å². The maximum atomic E-state index is 10.7. The highest BCUT2D eigenvalue weighted by Gasteiger charge is 2.08. The summed E-state index contributed by atoms with van der Waals surface area (Å²) < 4.78 is 0. The van der Waals surface area contributed by atoms with Gasteiger partial charge in [-0.2, -0.15) is 11.8 Å². The second-order valence-corrected chi connectivity index (χ2v) is 6.77. The third-order valence-corrected chi connectivity index (χ3v) is 4.43. The van der Waals surface area contributed by atoms with Crippen molar-refractivity contribution in [2.24, 2.45) is 4.99 Å². The first kappa shape index (κ1) is 19.8. The number of nitrogens with one attached hydrogen (secondary N) is 2. The lowest BCUT2D eigenvalue weighted by atomic mass is 10.1. The van der Waals surface area contributed by atoms with Crippen molar-refractivity contribution in [3.05, 3.63) is 75.8 Å². The highest BCUT2D eigenvalue weighted by Crippen LogP contribution is 2.13. The first-order chi connectivity index (χ1) is 12.6. The molecule has 0 amide bonds. The number of rotatable bonds is 8. The molecule has 0 saturated carbocycles. The van der Waals surface area contributed by atoms with E-state index in [1.807, 2.05) is 18.2 Å². The molecule has 7 heteroatoms. The number of nitro groups is 1. The zero-order valence-electron chi connectivity index (χ0n) is 15.0. The summed E-state index contributed by atoms with van der Waals surface area (Å²) in [5.74, 6) is 1.71. The smallest absolute Gasteiger partial charge is 0.269 e. The second kappa shape index (κ2) is 10.5. The Morgan fingerprint density at radius 2 is 1.88 bits per heavy atom. The van der Waals surface area contributed by atoms with Crippen molar-refractivity contribution >= 4 is 23.4 Å². The number of aliphatic imine (C=N–C) groups is 1. The standard InChI is InChI=1S/C19H24N4O2S/c1-15(17-6-4-3-5-7-17)22-19(20-12-13-26-2)21-14-16-8-10-18(11-9-16)23(24)25/h3-11,15H,12-14H2,1-2H3,(H2,20,21,22). The van der Waals surface area contributed by atoms with E-state index in [9.17, 15) is 10.1 Å². The van der Waals surface area contributed by atoms with Crippen molar-refractivity contribution in [1.82, 2.24) is 10.6 Å². The van der Waals surface area contributed by atoms with E-state index in [0.29, 0.717) is 6.54 Å². The molecule has 0 aliphatic heterocycles. The summed E-state index contributed by atoms with van der Waals surface area (Å²) in [5.41, 5.74) is 2.20. The van der Waals surface area contributed by atoms with Gasteiger partial charge < -0.3 is 10.6 Å². The molecule has 0 fully saturated rings. The molecule has 0 radical (unpaired) electrons. The van der Waals surface area contributed by atoms with Gasteiger partial charge in [0.15, 0.2) is 5.96 Å². The maximum Gasteiger partial charge on any atom is 0.269 e. The van der Waals surface area contributed by atoms with E-state index in [-0.39, 0.29) is 11.7 Å². The number of hydrogen-bond donors (Lipinski definition) is 2. The van der Waals surface area contributed by atoms with Gasteiger partial charge in [-0.3, -0.25) is 10.1 Å². The van der Waals surface area contributed by atoms with Crippen molar-refractivity contribution in [3.63, 3.8) is 0 Å². The van der Waals surface area contributed by atoms with Crippen LogP contribution in [0.3, 0.4) is 0 Å². The van der Waals surface area contributed by atoms with Crippen LogP contribution < -0.4 is 10.6 Å². The molecule has 0 aliphatic carbocycles. The summed E-state index contributed by atoms with van der Waals surface area (Å²) in [5, 5.41) is 17.5. The molecule has 1 atom stereocenters. The number of non-ortho nitro benzene ring substituents is 1. The zero-order chi connectivity index (χ0) is 18.8. The first-order valence-electron chi connectivity index (χ1n) is 8.42. The van der Waals surface area contributed by atoms with Crippen LogP contribution in [0.25, 0.3) is 0 Å². The predicted octanol–water partition coefficient (Wildman–Crippen LogP) is 3.75. The number of thioether (sulfide) groups is 1. The highest BCUT2D eigenvalue weighted by atomic mass is 32.2. The van der Waals surface area contributed by atoms with Gasteiger partial charge in [0.05, 0.1) is 17.5 Å². The van der Waals surface area contributed by atoms with Gasteiger partial charge in [-0.1, -0.05) is 42.5 Å². The van der Waals surface area contributed by atoms with E-state index in [2.05, 4.69) is 40.9 Å². The van der Waals surface area contributed by atoms with Crippen LogP contribution in [0.4, 0.5) is 5.69 Å². The minimum absolute atomic E-state index is 0.0897. The van der Waals surface area contributed by atoms with Gasteiger partial charge in [0.1, 0.15) is 0 Å². The lowest BCUT2D eigenvalue weighted by Crippen LogP contribution is -2.39. The van der Waals surface area contributed by atoms with Crippen LogP contribution >= 0.6 is 11.8 Å². The highest BCUT2D eigenvalue weighted by molar-refractivity contribution is 7.98. The Bertz CT molecular complexity index is 720. The number of nitrogens with zero attached hydrogens (tertiary/aromatic N) is 2. The zero-order valence-corrected chi connectivity index (χ0v) is 15.8. The molecule has 2 rings (SSSR count). The van der Waals surface area contributed by atoms with Crippen LogP contribution in [0.15, 0.2) is 59.6 Å². The lowest BCUT2D eigenvalue weighted by molar-refractivity contribution is -0.384. The van der Waals surface area contributed by atoms with Crippen LogP contribution in [-0.4, -0.2) is 29.4 Å². The summed E-state index contributed by atoms with van der Waals surface area (Å²) in [7, 11) is 0. The molecule has 0 saturated heterocycles. The molecule has 0 aromatic heterocycles. The minimum Gasteiger partial charge on any atom is -0.356 e. The van der Waals surface area contributed by atoms with Gasteiger partial charge in [-0.15, -0.1) is 0 Å². The molecule has 138 valence electrons. The average Bonchev–Trinajstić information content (AvgIpc) is 2.67. The Hall–Kier alpha value is -2.54. The van der Waals surface area contributed by atoms with Gasteiger partial charge in [0.25, 0.3) is 5.69 Å². The maximum absolute atomic E-state index is 10.7. The number of nitro benzene ring substituents is 1. The van der Waals surface area contributed by atoms with Gasteiger partial charge >= 0.3 is 0 Å². The van der Waals surface area contributed by atoms with Crippen LogP contribution in [0.2, 0.25) is 0 Å². The Kier molecular flexibility index (Phi) is 7.95. The fourth-order valence-corrected chi connectivity index (χ4v) is 2.65. The molecule has 26 heavy (non-hydrogen) atoms. The summed E-state index contributed by atoms with van der Waals surface area (Å²) in [6.07, 6.45) is 2.06. The normalized spacial score (nSPS) is 12.5. The average molecular weight is 372 g/mol. The largest absolute Gasteiger partial charge is 0.356 e. The SMILES string of the molecule is CSCCNC(=NCc1ccc([N+](=O)[O-])cc1)NC(C)c1ccccc1. The molecular formula is C19H24N4O2S. The number of hydrogen-bond acceptors (Lipinski definition) is 4. The number of guanidine groups is 1. The second-order valence-electron chi connectivity index (χ2n) is 5.78. The van der Waals surface area contributed by atoms with Crippen molar-refractivity contribution in [2.45, 2.75) is 19.5 Å². The van der Waals surface area contributed by atoms with E-state index < -0.39 is 4.92 Å².